The second kappa shape index (κ2) is 12.9. The van der Waals surface area contributed by atoms with Gasteiger partial charge in [0.1, 0.15) is 18.3 Å². The van der Waals surface area contributed by atoms with Crippen LogP contribution < -0.4 is 14.4 Å². The Hall–Kier alpha value is -3.27. The van der Waals surface area contributed by atoms with Crippen LogP contribution in [0.5, 0.6) is 5.75 Å². The van der Waals surface area contributed by atoms with E-state index in [9.17, 15) is 18.0 Å². The molecule has 0 saturated heterocycles. The molecule has 0 aliphatic rings. The van der Waals surface area contributed by atoms with Crippen LogP contribution in [0, 0.1) is 0 Å². The highest BCUT2D eigenvalue weighted by Crippen LogP contribution is 2.27. The zero-order valence-electron chi connectivity index (χ0n) is 23.0. The number of para-hydroxylation sites is 1. The lowest BCUT2D eigenvalue weighted by atomic mass is 10.1. The molecule has 2 amide bonds. The molecule has 0 fully saturated rings. The SMILES string of the molecule is COc1ccc(S(=O)(=O)N(CC(=O)N(Cc2ccc(Cl)c(Cl)c2)C(C)C(=O)NC(C)(C)C)c2ccccc2)cc1. The van der Waals surface area contributed by atoms with Crippen molar-refractivity contribution in [3.8, 4) is 5.75 Å². The van der Waals surface area contributed by atoms with E-state index in [0.29, 0.717) is 27.0 Å². The Morgan fingerprint density at radius 1 is 0.950 bits per heavy atom. The number of carbonyl (C=O) groups excluding carboxylic acids is 2. The number of amides is 2. The Kier molecular flexibility index (Phi) is 10.1. The van der Waals surface area contributed by atoms with Crippen molar-refractivity contribution in [3.05, 3.63) is 88.4 Å². The predicted molar refractivity (Wildman–Crippen MR) is 158 cm³/mol. The first-order chi connectivity index (χ1) is 18.7. The van der Waals surface area contributed by atoms with Crippen LogP contribution in [0.25, 0.3) is 0 Å². The van der Waals surface area contributed by atoms with Crippen LogP contribution in [-0.4, -0.2) is 50.4 Å². The summed E-state index contributed by atoms with van der Waals surface area (Å²) < 4.78 is 33.8. The Morgan fingerprint density at radius 2 is 1.57 bits per heavy atom. The van der Waals surface area contributed by atoms with E-state index < -0.39 is 34.1 Å². The topological polar surface area (TPSA) is 96.0 Å². The third-order valence-electron chi connectivity index (χ3n) is 5.97. The average Bonchev–Trinajstić information content (AvgIpc) is 2.91. The number of anilines is 1. The number of ether oxygens (including phenoxy) is 1. The Labute approximate surface area is 245 Å². The van der Waals surface area contributed by atoms with E-state index >= 15 is 0 Å². The average molecular weight is 607 g/mol. The lowest BCUT2D eigenvalue weighted by molar-refractivity contribution is -0.140. The minimum absolute atomic E-state index is 0.000332. The number of nitrogens with one attached hydrogen (secondary N) is 1. The van der Waals surface area contributed by atoms with Gasteiger partial charge in [0.05, 0.1) is 27.7 Å². The van der Waals surface area contributed by atoms with Crippen molar-refractivity contribution in [1.29, 1.82) is 0 Å². The normalized spacial score (nSPS) is 12.4. The Morgan fingerprint density at radius 3 is 2.12 bits per heavy atom. The van der Waals surface area contributed by atoms with Gasteiger partial charge in [0.2, 0.25) is 11.8 Å². The second-order valence-electron chi connectivity index (χ2n) is 10.2. The van der Waals surface area contributed by atoms with Crippen LogP contribution in [-0.2, 0) is 26.2 Å². The van der Waals surface area contributed by atoms with Crippen molar-refractivity contribution in [2.75, 3.05) is 18.0 Å². The highest BCUT2D eigenvalue weighted by molar-refractivity contribution is 7.92. The quantitative estimate of drug-likeness (QED) is 0.328. The summed E-state index contributed by atoms with van der Waals surface area (Å²) in [4.78, 5) is 28.4. The molecule has 1 unspecified atom stereocenters. The number of carbonyl (C=O) groups is 2. The molecule has 3 aromatic carbocycles. The molecule has 8 nitrogen and oxygen atoms in total. The van der Waals surface area contributed by atoms with Gasteiger partial charge in [-0.15, -0.1) is 0 Å². The summed E-state index contributed by atoms with van der Waals surface area (Å²) >= 11 is 12.3. The predicted octanol–water partition coefficient (Wildman–Crippen LogP) is 5.53. The zero-order chi connectivity index (χ0) is 29.7. The number of halogens is 2. The number of benzene rings is 3. The van der Waals surface area contributed by atoms with Gasteiger partial charge < -0.3 is 15.0 Å². The number of rotatable bonds is 10. The molecular weight excluding hydrogens is 573 g/mol. The van der Waals surface area contributed by atoms with Gasteiger partial charge in [-0.3, -0.25) is 13.9 Å². The minimum atomic E-state index is -4.18. The molecule has 0 spiro atoms. The van der Waals surface area contributed by atoms with E-state index in [0.717, 1.165) is 4.31 Å². The van der Waals surface area contributed by atoms with Crippen molar-refractivity contribution < 1.29 is 22.7 Å². The molecule has 11 heteroatoms. The molecule has 0 saturated carbocycles. The van der Waals surface area contributed by atoms with Gasteiger partial charge in [-0.25, -0.2) is 8.42 Å². The molecular formula is C29H33Cl2N3O5S. The van der Waals surface area contributed by atoms with E-state index in [1.165, 1.54) is 36.3 Å². The van der Waals surface area contributed by atoms with Crippen LogP contribution >= 0.6 is 23.2 Å². The standard InChI is InChI=1S/C29H33Cl2N3O5S/c1-20(28(36)32-29(2,3)4)33(18-21-11-16-25(30)26(31)17-21)27(35)19-34(22-9-7-6-8-10-22)40(37,38)24-14-12-23(39-5)13-15-24/h6-17,20H,18-19H2,1-5H3,(H,32,36). The summed E-state index contributed by atoms with van der Waals surface area (Å²) in [5.74, 6) is -0.471. The summed E-state index contributed by atoms with van der Waals surface area (Å²) in [6.45, 7) is 6.55. The first-order valence-electron chi connectivity index (χ1n) is 12.5. The minimum Gasteiger partial charge on any atom is -0.497 e. The van der Waals surface area contributed by atoms with E-state index in [4.69, 9.17) is 27.9 Å². The van der Waals surface area contributed by atoms with Gasteiger partial charge in [0.15, 0.2) is 0 Å². The van der Waals surface area contributed by atoms with Gasteiger partial charge in [-0.1, -0.05) is 47.5 Å². The first-order valence-corrected chi connectivity index (χ1v) is 14.7. The maximum absolute atomic E-state index is 13.9. The third kappa shape index (κ3) is 7.90. The smallest absolute Gasteiger partial charge is 0.264 e. The van der Waals surface area contributed by atoms with Gasteiger partial charge >= 0.3 is 0 Å². The number of hydrogen-bond acceptors (Lipinski definition) is 5. The van der Waals surface area contributed by atoms with Crippen LogP contribution in [0.1, 0.15) is 33.3 Å². The molecule has 0 aliphatic carbocycles. The van der Waals surface area contributed by atoms with Gasteiger partial charge in [-0.05, 0) is 81.8 Å². The van der Waals surface area contributed by atoms with Crippen LogP contribution in [0.2, 0.25) is 10.0 Å². The zero-order valence-corrected chi connectivity index (χ0v) is 25.3. The lowest BCUT2D eigenvalue weighted by Gasteiger charge is -2.33. The van der Waals surface area contributed by atoms with Crippen molar-refractivity contribution in [2.45, 2.75) is 50.7 Å². The summed E-state index contributed by atoms with van der Waals surface area (Å²) in [5.41, 5.74) is 0.382. The molecule has 0 heterocycles. The summed E-state index contributed by atoms with van der Waals surface area (Å²) in [6.07, 6.45) is 0. The third-order valence-corrected chi connectivity index (χ3v) is 8.50. The van der Waals surface area contributed by atoms with Crippen molar-refractivity contribution in [1.82, 2.24) is 10.2 Å². The first kappa shape index (κ1) is 31.3. The fourth-order valence-corrected chi connectivity index (χ4v) is 5.62. The largest absolute Gasteiger partial charge is 0.497 e. The van der Waals surface area contributed by atoms with Gasteiger partial charge in [0, 0.05) is 12.1 Å². The maximum Gasteiger partial charge on any atom is 0.264 e. The molecule has 0 aromatic heterocycles. The Bertz CT molecular complexity index is 1440. The van der Waals surface area contributed by atoms with Crippen LogP contribution in [0.4, 0.5) is 5.69 Å². The van der Waals surface area contributed by atoms with E-state index in [1.54, 1.807) is 55.5 Å². The molecule has 1 atom stereocenters. The highest BCUT2D eigenvalue weighted by atomic mass is 35.5. The number of nitrogens with zero attached hydrogens (tertiary/aromatic N) is 2. The molecule has 0 bridgehead atoms. The Balaban J connectivity index is 2.02. The van der Waals surface area contributed by atoms with Gasteiger partial charge in [-0.2, -0.15) is 0 Å². The van der Waals surface area contributed by atoms with Gasteiger partial charge in [0.25, 0.3) is 10.0 Å². The molecule has 1 N–H and O–H groups in total. The summed E-state index contributed by atoms with van der Waals surface area (Å²) in [6, 6.07) is 18.2. The van der Waals surface area contributed by atoms with Crippen molar-refractivity contribution in [2.24, 2.45) is 0 Å². The fraction of sp³-hybridized carbons (Fsp3) is 0.310. The van der Waals surface area contributed by atoms with Crippen LogP contribution in [0.15, 0.2) is 77.7 Å². The maximum atomic E-state index is 13.9. The van der Waals surface area contributed by atoms with Crippen LogP contribution in [0.3, 0.4) is 0 Å². The van der Waals surface area contributed by atoms with E-state index in [2.05, 4.69) is 5.32 Å². The van der Waals surface area contributed by atoms with E-state index in [1.807, 2.05) is 20.8 Å². The van der Waals surface area contributed by atoms with E-state index in [-0.39, 0.29) is 17.3 Å². The molecule has 3 aromatic rings. The molecule has 3 rings (SSSR count). The number of hydrogen-bond donors (Lipinski definition) is 1. The molecule has 0 aliphatic heterocycles. The monoisotopic (exact) mass is 605 g/mol. The summed E-state index contributed by atoms with van der Waals surface area (Å²) in [7, 11) is -2.69. The molecule has 214 valence electrons. The summed E-state index contributed by atoms with van der Waals surface area (Å²) in [5, 5.41) is 3.54. The number of methoxy groups -OCH3 is 1. The molecule has 0 radical (unpaired) electrons. The van der Waals surface area contributed by atoms with Crippen molar-refractivity contribution in [3.63, 3.8) is 0 Å². The van der Waals surface area contributed by atoms with Crippen molar-refractivity contribution >= 4 is 50.7 Å². The number of sulfonamides is 1. The lowest BCUT2D eigenvalue weighted by Crippen LogP contribution is -2.54. The highest BCUT2D eigenvalue weighted by Gasteiger charge is 2.33. The fourth-order valence-electron chi connectivity index (χ4n) is 3.89. The molecule has 40 heavy (non-hydrogen) atoms. The second-order valence-corrected chi connectivity index (χ2v) is 12.9.